The smallest absolute Gasteiger partial charge is 0.206 e. The first-order chi connectivity index (χ1) is 19.3. The Hall–Kier alpha value is -4.02. The quantitative estimate of drug-likeness (QED) is 0.207. The molecule has 0 heterocycles. The Bertz CT molecular complexity index is 1650. The summed E-state index contributed by atoms with van der Waals surface area (Å²) in [6.07, 6.45) is 0.552. The zero-order valence-corrected chi connectivity index (χ0v) is 24.6. The molecule has 0 aliphatic rings. The fourth-order valence-electron chi connectivity index (χ4n) is 3.81. The number of ether oxygens (including phenoxy) is 3. The lowest BCUT2D eigenvalue weighted by molar-refractivity contribution is 0.131. The van der Waals surface area contributed by atoms with Crippen LogP contribution in [0.1, 0.15) is 27.2 Å². The Balaban J connectivity index is 1.25. The lowest BCUT2D eigenvalue weighted by atomic mass is 10.2. The summed E-state index contributed by atoms with van der Waals surface area (Å²) in [7, 11) is -7.38. The molecule has 216 valence electrons. The molecule has 0 aliphatic heterocycles. The van der Waals surface area contributed by atoms with E-state index in [1.54, 1.807) is 36.4 Å². The molecule has 4 rings (SSSR count). The molecular weight excluding hydrogens is 564 g/mol. The highest BCUT2D eigenvalue weighted by Crippen LogP contribution is 2.27. The number of sulfone groups is 2. The molecule has 41 heavy (non-hydrogen) atoms. The van der Waals surface area contributed by atoms with Gasteiger partial charge in [-0.2, -0.15) is 0 Å². The number of benzene rings is 4. The van der Waals surface area contributed by atoms with Gasteiger partial charge in [0.1, 0.15) is 28.6 Å². The van der Waals surface area contributed by atoms with Crippen molar-refractivity contribution in [3.8, 4) is 23.0 Å². The number of phenols is 1. The van der Waals surface area contributed by atoms with Crippen molar-refractivity contribution in [2.24, 2.45) is 0 Å². The molecule has 1 N–H and O–H groups in total. The van der Waals surface area contributed by atoms with Gasteiger partial charge in [0.05, 0.1) is 32.8 Å². The molecule has 0 unspecified atom stereocenters. The average molecular weight is 597 g/mol. The van der Waals surface area contributed by atoms with Crippen molar-refractivity contribution in [2.75, 3.05) is 13.2 Å². The highest BCUT2D eigenvalue weighted by molar-refractivity contribution is 7.91. The first-order valence-corrected chi connectivity index (χ1v) is 15.9. The molecule has 0 amide bonds. The maximum absolute atomic E-state index is 13.0. The van der Waals surface area contributed by atoms with Crippen LogP contribution in [0.2, 0.25) is 0 Å². The normalized spacial score (nSPS) is 12.1. The zero-order valence-electron chi connectivity index (χ0n) is 23.0. The summed E-state index contributed by atoms with van der Waals surface area (Å²) in [6.45, 7) is 6.45. The van der Waals surface area contributed by atoms with Crippen molar-refractivity contribution >= 4 is 19.7 Å². The molecule has 0 aliphatic carbocycles. The standard InChI is InChI=1S/C31H32O8S2/c1-31(2,3)39-26-11-19-30(20-12-26)41(35,36)29-17-9-25(10-18-29)38-22-4-21-37-24-7-15-28(16-8-24)40(33,34)27-13-5-23(32)6-14-27/h5-20,32H,4,21-22H2,1-3H3. The van der Waals surface area contributed by atoms with Crippen LogP contribution in [0.25, 0.3) is 0 Å². The summed E-state index contributed by atoms with van der Waals surface area (Å²) in [5, 5.41) is 9.38. The number of phenolic OH excluding ortho intramolecular Hbond substituents is 1. The minimum Gasteiger partial charge on any atom is -0.508 e. The van der Waals surface area contributed by atoms with Gasteiger partial charge < -0.3 is 19.3 Å². The van der Waals surface area contributed by atoms with Gasteiger partial charge in [0.2, 0.25) is 19.7 Å². The van der Waals surface area contributed by atoms with Gasteiger partial charge in [0.15, 0.2) is 0 Å². The van der Waals surface area contributed by atoms with Gasteiger partial charge in [0, 0.05) is 6.42 Å². The SMILES string of the molecule is CC(C)(C)Oc1ccc(S(=O)(=O)c2ccc(OCCCOc3ccc(S(=O)(=O)c4ccc(O)cc4)cc3)cc2)cc1. The summed E-state index contributed by atoms with van der Waals surface area (Å²) in [5.41, 5.74) is -0.380. The van der Waals surface area contributed by atoms with Crippen LogP contribution in [0.5, 0.6) is 23.0 Å². The van der Waals surface area contributed by atoms with E-state index in [1.807, 2.05) is 20.8 Å². The van der Waals surface area contributed by atoms with Crippen LogP contribution >= 0.6 is 0 Å². The second-order valence-corrected chi connectivity index (χ2v) is 14.1. The monoisotopic (exact) mass is 596 g/mol. The van der Waals surface area contributed by atoms with E-state index >= 15 is 0 Å². The molecule has 8 nitrogen and oxygen atoms in total. The summed E-state index contributed by atoms with van der Waals surface area (Å²) < 4.78 is 68.6. The topological polar surface area (TPSA) is 116 Å². The Morgan fingerprint density at radius 2 is 0.854 bits per heavy atom. The number of rotatable bonds is 11. The predicted octanol–water partition coefficient (Wildman–Crippen LogP) is 6.08. The van der Waals surface area contributed by atoms with Crippen molar-refractivity contribution in [1.29, 1.82) is 0 Å². The van der Waals surface area contributed by atoms with Crippen LogP contribution in [0.3, 0.4) is 0 Å². The summed E-state index contributed by atoms with van der Waals surface area (Å²) >= 11 is 0. The second-order valence-electron chi connectivity index (χ2n) is 10.2. The van der Waals surface area contributed by atoms with E-state index in [2.05, 4.69) is 0 Å². The highest BCUT2D eigenvalue weighted by Gasteiger charge is 2.19. The average Bonchev–Trinajstić information content (AvgIpc) is 2.93. The number of hydrogen-bond donors (Lipinski definition) is 1. The lowest BCUT2D eigenvalue weighted by Gasteiger charge is -2.21. The van der Waals surface area contributed by atoms with Crippen LogP contribution in [0.15, 0.2) is 117 Å². The largest absolute Gasteiger partial charge is 0.508 e. The molecule has 0 saturated heterocycles. The molecule has 0 aromatic heterocycles. The molecule has 0 saturated carbocycles. The second kappa shape index (κ2) is 12.2. The fraction of sp³-hybridized carbons (Fsp3) is 0.226. The Kier molecular flexibility index (Phi) is 8.94. The minimum atomic E-state index is -3.70. The molecule has 0 spiro atoms. The lowest BCUT2D eigenvalue weighted by Crippen LogP contribution is -2.22. The van der Waals surface area contributed by atoms with Crippen LogP contribution < -0.4 is 14.2 Å². The van der Waals surface area contributed by atoms with Gasteiger partial charge >= 0.3 is 0 Å². The van der Waals surface area contributed by atoms with Crippen LogP contribution in [-0.4, -0.2) is 40.8 Å². The zero-order chi connectivity index (χ0) is 29.7. The van der Waals surface area contributed by atoms with E-state index in [1.165, 1.54) is 60.7 Å². The van der Waals surface area contributed by atoms with Crippen LogP contribution in [-0.2, 0) is 19.7 Å². The van der Waals surface area contributed by atoms with E-state index in [0.29, 0.717) is 36.9 Å². The van der Waals surface area contributed by atoms with Crippen molar-refractivity contribution in [3.63, 3.8) is 0 Å². The van der Waals surface area contributed by atoms with Crippen molar-refractivity contribution in [1.82, 2.24) is 0 Å². The molecule has 0 bridgehead atoms. The van der Waals surface area contributed by atoms with E-state index in [9.17, 15) is 21.9 Å². The summed E-state index contributed by atoms with van der Waals surface area (Å²) in [6, 6.07) is 24.0. The molecule has 10 heteroatoms. The van der Waals surface area contributed by atoms with Crippen molar-refractivity contribution in [2.45, 2.75) is 52.4 Å². The van der Waals surface area contributed by atoms with E-state index in [0.717, 1.165) is 0 Å². The van der Waals surface area contributed by atoms with Gasteiger partial charge in [-0.1, -0.05) is 0 Å². The fourth-order valence-corrected chi connectivity index (χ4v) is 6.33. The van der Waals surface area contributed by atoms with E-state index < -0.39 is 19.7 Å². The third-order valence-electron chi connectivity index (χ3n) is 5.80. The summed E-state index contributed by atoms with van der Waals surface area (Å²) in [4.78, 5) is 0.548. The van der Waals surface area contributed by atoms with Gasteiger partial charge in [0.25, 0.3) is 0 Å². The molecular formula is C31H32O8S2. The number of aromatic hydroxyl groups is 1. The van der Waals surface area contributed by atoms with Crippen molar-refractivity contribution in [3.05, 3.63) is 97.1 Å². The first-order valence-electron chi connectivity index (χ1n) is 12.9. The van der Waals surface area contributed by atoms with Gasteiger partial charge in [-0.3, -0.25) is 0 Å². The third kappa shape index (κ3) is 7.80. The minimum absolute atomic E-state index is 0.00828. The molecule has 0 atom stereocenters. The van der Waals surface area contributed by atoms with Crippen molar-refractivity contribution < 1.29 is 36.2 Å². The van der Waals surface area contributed by atoms with E-state index in [4.69, 9.17) is 14.2 Å². The predicted molar refractivity (Wildman–Crippen MR) is 154 cm³/mol. The molecule has 4 aromatic carbocycles. The van der Waals surface area contributed by atoms with Gasteiger partial charge in [-0.15, -0.1) is 0 Å². The maximum Gasteiger partial charge on any atom is 0.206 e. The molecule has 0 fully saturated rings. The Labute approximate surface area is 241 Å². The molecule has 0 radical (unpaired) electrons. The maximum atomic E-state index is 13.0. The highest BCUT2D eigenvalue weighted by atomic mass is 32.2. The Morgan fingerprint density at radius 3 is 1.20 bits per heavy atom. The summed E-state index contributed by atoms with van der Waals surface area (Å²) in [5.74, 6) is 1.63. The van der Waals surface area contributed by atoms with E-state index in [-0.39, 0.29) is 30.9 Å². The number of hydrogen-bond acceptors (Lipinski definition) is 8. The van der Waals surface area contributed by atoms with Gasteiger partial charge in [-0.25, -0.2) is 16.8 Å². The third-order valence-corrected chi connectivity index (χ3v) is 9.37. The first kappa shape index (κ1) is 30.0. The molecule has 4 aromatic rings. The van der Waals surface area contributed by atoms with Crippen LogP contribution in [0.4, 0.5) is 0 Å². The van der Waals surface area contributed by atoms with Gasteiger partial charge in [-0.05, 0) is 118 Å². The van der Waals surface area contributed by atoms with Crippen LogP contribution in [0, 0.1) is 0 Å². The Morgan fingerprint density at radius 1 is 0.537 bits per heavy atom.